The van der Waals surface area contributed by atoms with E-state index in [1.54, 1.807) is 12.1 Å². The van der Waals surface area contributed by atoms with Crippen molar-refractivity contribution in [1.29, 1.82) is 0 Å². The van der Waals surface area contributed by atoms with Gasteiger partial charge >= 0.3 is 0 Å². The van der Waals surface area contributed by atoms with Gasteiger partial charge in [-0.05, 0) is 70.1 Å². The second-order valence-electron chi connectivity index (χ2n) is 13.4. The van der Waals surface area contributed by atoms with Crippen LogP contribution >= 0.6 is 0 Å². The summed E-state index contributed by atoms with van der Waals surface area (Å²) in [7, 11) is 0. The number of para-hydroxylation sites is 4. The summed E-state index contributed by atoms with van der Waals surface area (Å²) in [5, 5.41) is 2.16. The SMILES string of the molecule is Fc1cc(C(=C(c2ccccc2)c2ccccc2)c2[c-]c3c(cc2)c2ccccc2n3-c2ccccn2)[c-]c(N2[CH-]N(c3ccccc3)c3ccccc32)c1.[Pt]. The number of pyridine rings is 1. The van der Waals surface area contributed by atoms with E-state index in [0.717, 1.165) is 72.5 Å². The van der Waals surface area contributed by atoms with Crippen LogP contribution in [0.25, 0.3) is 38.8 Å². The maximum Gasteiger partial charge on any atom is 0.136 e. The molecule has 7 aromatic carbocycles. The number of hydrogen-bond acceptors (Lipinski definition) is 3. The van der Waals surface area contributed by atoms with Crippen molar-refractivity contribution < 1.29 is 25.5 Å². The molecule has 0 atom stereocenters. The first-order chi connectivity index (χ1) is 27.2. The molecule has 9 aromatic rings. The maximum atomic E-state index is 16.4. The van der Waals surface area contributed by atoms with Gasteiger partial charge in [0, 0.05) is 55.7 Å². The molecule has 0 N–H and O–H groups in total. The van der Waals surface area contributed by atoms with Crippen LogP contribution in [0.4, 0.5) is 27.1 Å². The van der Waals surface area contributed by atoms with E-state index in [-0.39, 0.29) is 26.9 Å². The minimum atomic E-state index is -0.366. The van der Waals surface area contributed by atoms with Gasteiger partial charge in [-0.25, -0.2) is 9.37 Å². The molecule has 0 saturated carbocycles. The molecule has 3 heterocycles. The van der Waals surface area contributed by atoms with Crippen molar-refractivity contribution in [3.8, 4) is 5.82 Å². The summed E-state index contributed by atoms with van der Waals surface area (Å²) in [6.07, 6.45) is 1.81. The molecule has 10 rings (SSSR count). The summed E-state index contributed by atoms with van der Waals surface area (Å²) in [6, 6.07) is 68.2. The fourth-order valence-corrected chi connectivity index (χ4v) is 7.72. The number of rotatable bonds is 7. The Labute approximate surface area is 339 Å². The first-order valence-corrected chi connectivity index (χ1v) is 18.2. The number of nitrogens with zero attached hydrogens (tertiary/aromatic N) is 4. The molecule has 0 radical (unpaired) electrons. The topological polar surface area (TPSA) is 24.3 Å². The predicted octanol–water partition coefficient (Wildman–Crippen LogP) is 12.3. The molecular weight excluding hydrogens is 871 g/mol. The van der Waals surface area contributed by atoms with Gasteiger partial charge in [0.1, 0.15) is 5.82 Å². The number of anilines is 4. The molecule has 0 spiro atoms. The van der Waals surface area contributed by atoms with E-state index in [2.05, 4.69) is 100 Å². The molecule has 1 aliphatic rings. The summed E-state index contributed by atoms with van der Waals surface area (Å²) in [5.41, 5.74) is 10.6. The van der Waals surface area contributed by atoms with Gasteiger partial charge in [-0.3, -0.25) is 0 Å². The van der Waals surface area contributed by atoms with E-state index in [1.807, 2.05) is 109 Å². The van der Waals surface area contributed by atoms with Gasteiger partial charge < -0.3 is 14.4 Å². The van der Waals surface area contributed by atoms with E-state index in [1.165, 1.54) is 0 Å². The summed E-state index contributed by atoms with van der Waals surface area (Å²) >= 11 is 0. The van der Waals surface area contributed by atoms with Gasteiger partial charge in [0.05, 0.1) is 0 Å². The van der Waals surface area contributed by atoms with Gasteiger partial charge in [-0.2, -0.15) is 0 Å². The Morgan fingerprint density at radius 2 is 1.16 bits per heavy atom. The molecule has 6 heteroatoms. The summed E-state index contributed by atoms with van der Waals surface area (Å²) < 4.78 is 18.5. The van der Waals surface area contributed by atoms with Crippen molar-refractivity contribution >= 4 is 55.7 Å². The van der Waals surface area contributed by atoms with E-state index >= 15 is 4.39 Å². The van der Waals surface area contributed by atoms with Crippen molar-refractivity contribution in [3.05, 3.63) is 235 Å². The minimum Gasteiger partial charge on any atom is -0.488 e. The van der Waals surface area contributed by atoms with E-state index in [9.17, 15) is 0 Å². The maximum absolute atomic E-state index is 16.4. The van der Waals surface area contributed by atoms with Crippen LogP contribution in [0.15, 0.2) is 188 Å². The van der Waals surface area contributed by atoms with Crippen LogP contribution in [0.5, 0.6) is 0 Å². The number of halogens is 1. The normalized spacial score (nSPS) is 12.1. The largest absolute Gasteiger partial charge is 0.488 e. The molecular formula is C50H32FN4Pt-3. The summed E-state index contributed by atoms with van der Waals surface area (Å²) in [4.78, 5) is 8.90. The molecule has 56 heavy (non-hydrogen) atoms. The molecule has 0 aliphatic carbocycles. The van der Waals surface area contributed by atoms with Gasteiger partial charge in [0.2, 0.25) is 0 Å². The molecule has 1 aliphatic heterocycles. The van der Waals surface area contributed by atoms with Crippen LogP contribution in [-0.2, 0) is 21.1 Å². The Kier molecular flexibility index (Phi) is 9.38. The smallest absolute Gasteiger partial charge is 0.136 e. The summed E-state index contributed by atoms with van der Waals surface area (Å²) in [5.74, 6) is 0.430. The van der Waals surface area contributed by atoms with Crippen LogP contribution in [-0.4, -0.2) is 9.55 Å². The average molecular weight is 903 g/mol. The average Bonchev–Trinajstić information content (AvgIpc) is 3.80. The Morgan fingerprint density at radius 3 is 1.86 bits per heavy atom. The van der Waals surface area contributed by atoms with Crippen molar-refractivity contribution in [1.82, 2.24) is 9.55 Å². The standard InChI is InChI=1S/C50H32FN4.Pt/c51-39-30-38(31-41(33-39)54-34-53(40-20-8-3-9-21-40)45-24-12-13-25-46(45)54)50(49(35-16-4-1-5-17-35)36-18-6-2-7-19-36)37-27-28-43-42-22-10-11-23-44(42)55(47(43)32-37)48-26-14-15-29-52-48;/h1-30,33-34H;/q-3;. The quantitative estimate of drug-likeness (QED) is 0.118. The molecule has 0 amide bonds. The number of benzene rings is 7. The molecule has 0 bridgehead atoms. The molecule has 0 fully saturated rings. The Morgan fingerprint density at radius 1 is 0.536 bits per heavy atom. The number of aromatic nitrogens is 2. The third kappa shape index (κ3) is 6.20. The molecule has 4 nitrogen and oxygen atoms in total. The molecule has 0 saturated heterocycles. The minimum absolute atomic E-state index is 0. The van der Waals surface area contributed by atoms with Crippen LogP contribution in [0.2, 0.25) is 0 Å². The molecule has 272 valence electrons. The van der Waals surface area contributed by atoms with E-state index < -0.39 is 0 Å². The zero-order chi connectivity index (χ0) is 36.7. The van der Waals surface area contributed by atoms with Gasteiger partial charge in [0.25, 0.3) is 0 Å². The summed E-state index contributed by atoms with van der Waals surface area (Å²) in [6.45, 7) is 2.01. The van der Waals surface area contributed by atoms with Crippen molar-refractivity contribution in [2.45, 2.75) is 0 Å². The third-order valence-corrected chi connectivity index (χ3v) is 10.1. The van der Waals surface area contributed by atoms with Gasteiger partial charge in [-0.15, -0.1) is 53.7 Å². The monoisotopic (exact) mass is 902 g/mol. The number of hydrogen-bond donors (Lipinski definition) is 0. The second kappa shape index (κ2) is 14.9. The van der Waals surface area contributed by atoms with E-state index in [0.29, 0.717) is 11.3 Å². The van der Waals surface area contributed by atoms with Crippen molar-refractivity contribution in [2.24, 2.45) is 0 Å². The van der Waals surface area contributed by atoms with Crippen LogP contribution < -0.4 is 9.80 Å². The first-order valence-electron chi connectivity index (χ1n) is 18.2. The first kappa shape index (κ1) is 35.2. The third-order valence-electron chi connectivity index (χ3n) is 10.1. The van der Waals surface area contributed by atoms with Crippen molar-refractivity contribution in [2.75, 3.05) is 9.80 Å². The molecule has 2 aromatic heterocycles. The Bertz CT molecular complexity index is 2810. The van der Waals surface area contributed by atoms with E-state index in [4.69, 9.17) is 4.98 Å². The predicted molar refractivity (Wildman–Crippen MR) is 222 cm³/mol. The Balaban J connectivity index is 0.00000410. The fraction of sp³-hybridized carbons (Fsp3) is 0. The number of fused-ring (bicyclic) bond motifs is 4. The second-order valence-corrected chi connectivity index (χ2v) is 13.4. The zero-order valence-electron chi connectivity index (χ0n) is 30.0. The van der Waals surface area contributed by atoms with Crippen LogP contribution in [0.1, 0.15) is 22.3 Å². The Hall–Kier alpha value is -6.55. The van der Waals surface area contributed by atoms with Gasteiger partial charge in [-0.1, -0.05) is 132 Å². The fourth-order valence-electron chi connectivity index (χ4n) is 7.72. The van der Waals surface area contributed by atoms with Crippen molar-refractivity contribution in [3.63, 3.8) is 0 Å². The zero-order valence-corrected chi connectivity index (χ0v) is 32.2. The van der Waals surface area contributed by atoms with Gasteiger partial charge in [0.15, 0.2) is 0 Å². The van der Waals surface area contributed by atoms with Crippen LogP contribution in [0, 0.1) is 24.6 Å². The molecule has 0 unspecified atom stereocenters. The van der Waals surface area contributed by atoms with Crippen LogP contribution in [0.3, 0.4) is 0 Å².